The van der Waals surface area contributed by atoms with Crippen LogP contribution in [-0.4, -0.2) is 27.2 Å². The smallest absolute Gasteiger partial charge is 0.307 e. The number of nitrogens with one attached hydrogen (secondary N) is 2. The number of carboxylic acids is 1. The van der Waals surface area contributed by atoms with Gasteiger partial charge in [0.1, 0.15) is 0 Å². The second kappa shape index (κ2) is 3.97. The number of hydrogen-bond acceptors (Lipinski definition) is 3. The van der Waals surface area contributed by atoms with Crippen molar-refractivity contribution in [1.29, 1.82) is 0 Å². The van der Waals surface area contributed by atoms with E-state index >= 15 is 0 Å². The first-order valence-corrected chi connectivity index (χ1v) is 5.87. The largest absolute Gasteiger partial charge is 0.481 e. The van der Waals surface area contributed by atoms with Crippen LogP contribution in [0.25, 0.3) is 0 Å². The van der Waals surface area contributed by atoms with Crippen molar-refractivity contribution in [3.63, 3.8) is 0 Å². The lowest BCUT2D eigenvalue weighted by molar-refractivity contribution is -0.146. The Bertz CT molecular complexity index is 509. The lowest BCUT2D eigenvalue weighted by atomic mass is 9.82. The number of carboxylic acid groups (broad SMARTS) is 1. The fourth-order valence-electron chi connectivity index (χ4n) is 3.06. The molecule has 0 spiro atoms. The molecule has 4 atom stereocenters. The van der Waals surface area contributed by atoms with Gasteiger partial charge in [-0.25, -0.2) is 0 Å². The molecule has 2 bridgehead atoms. The van der Waals surface area contributed by atoms with E-state index in [1.54, 1.807) is 6.20 Å². The van der Waals surface area contributed by atoms with Crippen molar-refractivity contribution in [2.75, 3.05) is 5.32 Å². The van der Waals surface area contributed by atoms with Crippen LogP contribution >= 0.6 is 0 Å². The number of aromatic amines is 1. The van der Waals surface area contributed by atoms with Crippen LogP contribution in [0.1, 0.15) is 6.42 Å². The second-order valence-corrected chi connectivity index (χ2v) is 4.81. The molecule has 94 valence electrons. The Kier molecular flexibility index (Phi) is 2.43. The number of amides is 1. The molecule has 1 saturated carbocycles. The molecule has 1 heterocycles. The zero-order chi connectivity index (χ0) is 12.7. The number of nitrogens with zero attached hydrogens (tertiary/aromatic N) is 1. The van der Waals surface area contributed by atoms with Crippen LogP contribution in [0.2, 0.25) is 0 Å². The maximum atomic E-state index is 12.2. The number of carbonyl (C=O) groups is 2. The summed E-state index contributed by atoms with van der Waals surface area (Å²) in [6.07, 6.45) is 7.71. The summed E-state index contributed by atoms with van der Waals surface area (Å²) in [5.74, 6) is -2.17. The van der Waals surface area contributed by atoms with E-state index in [4.69, 9.17) is 0 Å². The number of H-pyrrole nitrogens is 1. The van der Waals surface area contributed by atoms with Crippen LogP contribution in [0.15, 0.2) is 24.5 Å². The maximum absolute atomic E-state index is 12.2. The van der Waals surface area contributed by atoms with Crippen LogP contribution in [0.3, 0.4) is 0 Å². The van der Waals surface area contributed by atoms with Gasteiger partial charge in [0.05, 0.1) is 23.7 Å². The highest BCUT2D eigenvalue weighted by molar-refractivity contribution is 5.96. The van der Waals surface area contributed by atoms with Gasteiger partial charge in [0, 0.05) is 6.20 Å². The third-order valence-electron chi connectivity index (χ3n) is 3.81. The Morgan fingerprint density at radius 1 is 1.33 bits per heavy atom. The molecule has 18 heavy (non-hydrogen) atoms. The Labute approximate surface area is 103 Å². The lowest BCUT2D eigenvalue weighted by Crippen LogP contribution is -2.36. The van der Waals surface area contributed by atoms with Crippen LogP contribution in [0.4, 0.5) is 5.69 Å². The second-order valence-electron chi connectivity index (χ2n) is 4.81. The van der Waals surface area contributed by atoms with Gasteiger partial charge in [-0.2, -0.15) is 5.10 Å². The summed E-state index contributed by atoms with van der Waals surface area (Å²) in [6, 6.07) is 0. The highest BCUT2D eigenvalue weighted by Gasteiger charge is 2.51. The van der Waals surface area contributed by atoms with Crippen LogP contribution < -0.4 is 5.32 Å². The third-order valence-corrected chi connectivity index (χ3v) is 3.81. The SMILES string of the molecule is O=C(O)C1C2C=CC(C2)C1C(=O)Nc1cn[nH]c1. The van der Waals surface area contributed by atoms with Gasteiger partial charge in [-0.3, -0.25) is 14.7 Å². The Morgan fingerprint density at radius 3 is 2.67 bits per heavy atom. The van der Waals surface area contributed by atoms with Gasteiger partial charge < -0.3 is 10.4 Å². The fourth-order valence-corrected chi connectivity index (χ4v) is 3.06. The number of hydrogen-bond donors (Lipinski definition) is 3. The first kappa shape index (κ1) is 11.0. The van der Waals surface area contributed by atoms with E-state index in [9.17, 15) is 14.7 Å². The highest BCUT2D eigenvalue weighted by atomic mass is 16.4. The van der Waals surface area contributed by atoms with Gasteiger partial charge in [-0.05, 0) is 18.3 Å². The topological polar surface area (TPSA) is 95.1 Å². The molecular weight excluding hydrogens is 234 g/mol. The summed E-state index contributed by atoms with van der Waals surface area (Å²) in [6.45, 7) is 0. The lowest BCUT2D eigenvalue weighted by Gasteiger charge is -2.23. The van der Waals surface area contributed by atoms with Gasteiger partial charge in [-0.15, -0.1) is 0 Å². The van der Waals surface area contributed by atoms with Crippen LogP contribution in [-0.2, 0) is 9.59 Å². The quantitative estimate of drug-likeness (QED) is 0.691. The minimum Gasteiger partial charge on any atom is -0.481 e. The summed E-state index contributed by atoms with van der Waals surface area (Å²) in [5.41, 5.74) is 0.566. The number of aliphatic carboxylic acids is 1. The van der Waals surface area contributed by atoms with Gasteiger partial charge >= 0.3 is 5.97 Å². The van der Waals surface area contributed by atoms with E-state index in [1.807, 2.05) is 12.2 Å². The Hall–Kier alpha value is -2.11. The van der Waals surface area contributed by atoms with Crippen LogP contribution in [0, 0.1) is 23.7 Å². The number of allylic oxidation sites excluding steroid dienone is 2. The van der Waals surface area contributed by atoms with E-state index in [2.05, 4.69) is 15.5 Å². The van der Waals surface area contributed by atoms with Gasteiger partial charge in [0.25, 0.3) is 0 Å². The normalized spacial score (nSPS) is 32.7. The molecule has 6 nitrogen and oxygen atoms in total. The van der Waals surface area contributed by atoms with E-state index in [-0.39, 0.29) is 17.7 Å². The minimum absolute atomic E-state index is 0.00685. The number of rotatable bonds is 3. The van der Waals surface area contributed by atoms with Gasteiger partial charge in [0.2, 0.25) is 5.91 Å². The van der Waals surface area contributed by atoms with Crippen molar-refractivity contribution in [3.05, 3.63) is 24.5 Å². The van der Waals surface area contributed by atoms with Crippen molar-refractivity contribution < 1.29 is 14.7 Å². The molecule has 0 aliphatic heterocycles. The van der Waals surface area contributed by atoms with Crippen molar-refractivity contribution in [1.82, 2.24) is 10.2 Å². The fraction of sp³-hybridized carbons (Fsp3) is 0.417. The zero-order valence-corrected chi connectivity index (χ0v) is 9.54. The summed E-state index contributed by atoms with van der Waals surface area (Å²) >= 11 is 0. The van der Waals surface area contributed by atoms with E-state index < -0.39 is 17.8 Å². The third kappa shape index (κ3) is 1.61. The summed E-state index contributed by atoms with van der Waals surface area (Å²) in [7, 11) is 0. The number of anilines is 1. The standard InChI is InChI=1S/C12H13N3O3/c16-11(15-8-4-13-14-5-8)9-6-1-2-7(3-6)10(9)12(17)18/h1-2,4-7,9-10H,3H2,(H,13,14)(H,15,16)(H,17,18). The molecule has 3 rings (SSSR count). The molecule has 1 aromatic rings. The average Bonchev–Trinajstić information content (AvgIpc) is 3.03. The molecule has 6 heteroatoms. The zero-order valence-electron chi connectivity index (χ0n) is 9.54. The molecule has 4 unspecified atom stereocenters. The van der Waals surface area contributed by atoms with E-state index in [1.165, 1.54) is 6.20 Å². The highest BCUT2D eigenvalue weighted by Crippen LogP contribution is 2.48. The minimum atomic E-state index is -0.890. The Balaban J connectivity index is 1.80. The Morgan fingerprint density at radius 2 is 2.06 bits per heavy atom. The maximum Gasteiger partial charge on any atom is 0.307 e. The predicted octanol–water partition coefficient (Wildman–Crippen LogP) is 0.871. The summed E-state index contributed by atoms with van der Waals surface area (Å²) in [4.78, 5) is 23.4. The molecule has 1 fully saturated rings. The van der Waals surface area contributed by atoms with Crippen molar-refractivity contribution in [2.45, 2.75) is 6.42 Å². The van der Waals surface area contributed by atoms with E-state index in [0.29, 0.717) is 5.69 Å². The molecule has 1 aromatic heterocycles. The van der Waals surface area contributed by atoms with Crippen molar-refractivity contribution in [2.24, 2.45) is 23.7 Å². The molecule has 0 aromatic carbocycles. The van der Waals surface area contributed by atoms with E-state index in [0.717, 1.165) is 6.42 Å². The van der Waals surface area contributed by atoms with Gasteiger partial charge in [-0.1, -0.05) is 12.2 Å². The number of fused-ring (bicyclic) bond motifs is 2. The first-order chi connectivity index (χ1) is 8.66. The molecule has 0 saturated heterocycles. The molecule has 2 aliphatic carbocycles. The van der Waals surface area contributed by atoms with Crippen molar-refractivity contribution in [3.8, 4) is 0 Å². The predicted molar refractivity (Wildman–Crippen MR) is 62.6 cm³/mol. The molecule has 3 N–H and O–H groups in total. The molecule has 0 radical (unpaired) electrons. The molecule has 2 aliphatic rings. The number of aromatic nitrogens is 2. The monoisotopic (exact) mass is 247 g/mol. The molecular formula is C12H13N3O3. The van der Waals surface area contributed by atoms with Gasteiger partial charge in [0.15, 0.2) is 0 Å². The number of carbonyl (C=O) groups excluding carboxylic acids is 1. The van der Waals surface area contributed by atoms with Crippen LogP contribution in [0.5, 0.6) is 0 Å². The average molecular weight is 247 g/mol. The van der Waals surface area contributed by atoms with Crippen molar-refractivity contribution >= 4 is 17.6 Å². The molecule has 1 amide bonds. The summed E-state index contributed by atoms with van der Waals surface area (Å²) < 4.78 is 0. The first-order valence-electron chi connectivity index (χ1n) is 5.87. The summed E-state index contributed by atoms with van der Waals surface area (Å²) in [5, 5.41) is 18.3.